The average molecular weight is 278 g/mol. The SMILES string of the molecule is Cc1ncsc1CCn1cnc(CNCC(C)C)c1. The Hall–Kier alpha value is -1.20. The van der Waals surface area contributed by atoms with Crippen LogP contribution in [0.5, 0.6) is 0 Å². The van der Waals surface area contributed by atoms with Gasteiger partial charge < -0.3 is 9.88 Å². The molecule has 0 saturated heterocycles. The second-order valence-electron chi connectivity index (χ2n) is 5.24. The molecule has 5 heteroatoms. The summed E-state index contributed by atoms with van der Waals surface area (Å²) in [7, 11) is 0. The van der Waals surface area contributed by atoms with Crippen LogP contribution in [0.1, 0.15) is 30.1 Å². The Morgan fingerprint density at radius 2 is 2.21 bits per heavy atom. The summed E-state index contributed by atoms with van der Waals surface area (Å²) in [6.45, 7) is 9.35. The molecule has 2 rings (SSSR count). The molecule has 2 heterocycles. The molecule has 19 heavy (non-hydrogen) atoms. The van der Waals surface area contributed by atoms with Gasteiger partial charge in [-0.15, -0.1) is 11.3 Å². The van der Waals surface area contributed by atoms with Gasteiger partial charge in [0.25, 0.3) is 0 Å². The molecule has 0 aliphatic rings. The van der Waals surface area contributed by atoms with Gasteiger partial charge in [0, 0.05) is 30.6 Å². The highest BCUT2D eigenvalue weighted by Crippen LogP contribution is 2.13. The topological polar surface area (TPSA) is 42.7 Å². The summed E-state index contributed by atoms with van der Waals surface area (Å²) in [5.41, 5.74) is 4.19. The Bertz CT molecular complexity index is 501. The van der Waals surface area contributed by atoms with Crippen LogP contribution in [0.4, 0.5) is 0 Å². The van der Waals surface area contributed by atoms with Crippen molar-refractivity contribution in [1.82, 2.24) is 19.9 Å². The van der Waals surface area contributed by atoms with Crippen LogP contribution >= 0.6 is 11.3 Å². The maximum absolute atomic E-state index is 4.42. The number of hydrogen-bond donors (Lipinski definition) is 1. The minimum Gasteiger partial charge on any atom is -0.337 e. The van der Waals surface area contributed by atoms with Crippen LogP contribution in [-0.2, 0) is 19.5 Å². The second-order valence-corrected chi connectivity index (χ2v) is 6.18. The summed E-state index contributed by atoms with van der Waals surface area (Å²) >= 11 is 1.74. The summed E-state index contributed by atoms with van der Waals surface area (Å²) in [5, 5.41) is 3.41. The third-order valence-electron chi connectivity index (χ3n) is 2.99. The van der Waals surface area contributed by atoms with Gasteiger partial charge >= 0.3 is 0 Å². The van der Waals surface area contributed by atoms with Crippen LogP contribution in [0.25, 0.3) is 0 Å². The van der Waals surface area contributed by atoms with Crippen molar-refractivity contribution < 1.29 is 0 Å². The molecule has 0 radical (unpaired) electrons. The largest absolute Gasteiger partial charge is 0.337 e. The van der Waals surface area contributed by atoms with E-state index in [9.17, 15) is 0 Å². The number of thiazole rings is 1. The molecule has 1 N–H and O–H groups in total. The molecular weight excluding hydrogens is 256 g/mol. The molecule has 4 nitrogen and oxygen atoms in total. The van der Waals surface area contributed by atoms with Crippen molar-refractivity contribution >= 4 is 11.3 Å². The Balaban J connectivity index is 1.79. The number of nitrogens with one attached hydrogen (secondary N) is 1. The first-order valence-electron chi connectivity index (χ1n) is 6.75. The number of aryl methyl sites for hydroxylation is 3. The predicted molar refractivity (Wildman–Crippen MR) is 79.3 cm³/mol. The Morgan fingerprint density at radius 3 is 2.89 bits per heavy atom. The lowest BCUT2D eigenvalue weighted by atomic mass is 10.2. The maximum atomic E-state index is 4.42. The Labute approximate surface area is 118 Å². The van der Waals surface area contributed by atoms with Crippen LogP contribution in [0.3, 0.4) is 0 Å². The summed E-state index contributed by atoms with van der Waals surface area (Å²) < 4.78 is 2.16. The van der Waals surface area contributed by atoms with Crippen molar-refractivity contribution in [3.63, 3.8) is 0 Å². The van der Waals surface area contributed by atoms with E-state index in [0.717, 1.165) is 37.4 Å². The van der Waals surface area contributed by atoms with Crippen molar-refractivity contribution in [1.29, 1.82) is 0 Å². The van der Waals surface area contributed by atoms with Crippen molar-refractivity contribution in [3.8, 4) is 0 Å². The van der Waals surface area contributed by atoms with Gasteiger partial charge in [-0.05, 0) is 19.4 Å². The number of imidazole rings is 1. The van der Waals surface area contributed by atoms with E-state index in [4.69, 9.17) is 0 Å². The van der Waals surface area contributed by atoms with Gasteiger partial charge in [0.1, 0.15) is 0 Å². The average Bonchev–Trinajstić information content (AvgIpc) is 2.95. The minimum absolute atomic E-state index is 0.677. The van der Waals surface area contributed by atoms with Crippen LogP contribution in [0.15, 0.2) is 18.0 Å². The number of hydrogen-bond acceptors (Lipinski definition) is 4. The molecule has 2 aromatic rings. The van der Waals surface area contributed by atoms with Gasteiger partial charge in [0.15, 0.2) is 0 Å². The molecule has 0 aliphatic carbocycles. The lowest BCUT2D eigenvalue weighted by Gasteiger charge is -2.05. The van der Waals surface area contributed by atoms with Gasteiger partial charge in [-0.2, -0.15) is 0 Å². The molecule has 0 aliphatic heterocycles. The minimum atomic E-state index is 0.677. The summed E-state index contributed by atoms with van der Waals surface area (Å²) in [4.78, 5) is 10.1. The first-order valence-corrected chi connectivity index (χ1v) is 7.63. The van der Waals surface area contributed by atoms with E-state index in [1.54, 1.807) is 11.3 Å². The molecule has 0 saturated carbocycles. The zero-order chi connectivity index (χ0) is 13.7. The first kappa shape index (κ1) is 14.2. The van der Waals surface area contributed by atoms with Gasteiger partial charge in [-0.25, -0.2) is 9.97 Å². The maximum Gasteiger partial charge on any atom is 0.0950 e. The quantitative estimate of drug-likeness (QED) is 0.846. The number of aromatic nitrogens is 3. The van der Waals surface area contributed by atoms with Gasteiger partial charge in [-0.1, -0.05) is 13.8 Å². The Morgan fingerprint density at radius 1 is 1.37 bits per heavy atom. The van der Waals surface area contributed by atoms with E-state index in [1.807, 2.05) is 11.8 Å². The van der Waals surface area contributed by atoms with E-state index in [1.165, 1.54) is 4.88 Å². The lowest BCUT2D eigenvalue weighted by Crippen LogP contribution is -2.19. The molecule has 0 aromatic carbocycles. The number of rotatable bonds is 7. The van der Waals surface area contributed by atoms with Crippen LogP contribution in [0.2, 0.25) is 0 Å². The van der Waals surface area contributed by atoms with Gasteiger partial charge in [0.2, 0.25) is 0 Å². The predicted octanol–water partition coefficient (Wildman–Crippen LogP) is 2.64. The highest BCUT2D eigenvalue weighted by Gasteiger charge is 2.03. The van der Waals surface area contributed by atoms with Crippen molar-refractivity contribution in [3.05, 3.63) is 34.3 Å². The second kappa shape index (κ2) is 6.82. The lowest BCUT2D eigenvalue weighted by molar-refractivity contribution is 0.548. The highest BCUT2D eigenvalue weighted by atomic mass is 32.1. The van der Waals surface area contributed by atoms with E-state index in [2.05, 4.69) is 46.8 Å². The third-order valence-corrected chi connectivity index (χ3v) is 3.98. The zero-order valence-corrected chi connectivity index (χ0v) is 12.7. The van der Waals surface area contributed by atoms with Crippen LogP contribution in [-0.4, -0.2) is 21.1 Å². The van der Waals surface area contributed by atoms with E-state index in [-0.39, 0.29) is 0 Å². The Kier molecular flexibility index (Phi) is 5.10. The molecule has 0 fully saturated rings. The van der Waals surface area contributed by atoms with Crippen molar-refractivity contribution in [2.75, 3.05) is 6.54 Å². The summed E-state index contributed by atoms with van der Waals surface area (Å²) in [5.74, 6) is 0.677. The molecule has 0 spiro atoms. The monoisotopic (exact) mass is 278 g/mol. The molecule has 0 amide bonds. The van der Waals surface area contributed by atoms with Crippen molar-refractivity contribution in [2.45, 2.75) is 40.3 Å². The van der Waals surface area contributed by atoms with Gasteiger partial charge in [0.05, 0.1) is 23.2 Å². The van der Waals surface area contributed by atoms with Crippen molar-refractivity contribution in [2.24, 2.45) is 5.92 Å². The fraction of sp³-hybridized carbons (Fsp3) is 0.571. The molecule has 0 bridgehead atoms. The summed E-state index contributed by atoms with van der Waals surface area (Å²) in [6.07, 6.45) is 5.08. The van der Waals surface area contributed by atoms with Gasteiger partial charge in [-0.3, -0.25) is 0 Å². The van der Waals surface area contributed by atoms with Crippen LogP contribution in [0, 0.1) is 12.8 Å². The molecule has 0 atom stereocenters. The van der Waals surface area contributed by atoms with E-state index in [0.29, 0.717) is 5.92 Å². The molecule has 104 valence electrons. The first-order chi connectivity index (χ1) is 9.15. The van der Waals surface area contributed by atoms with Crippen LogP contribution < -0.4 is 5.32 Å². The molecule has 0 unspecified atom stereocenters. The highest BCUT2D eigenvalue weighted by molar-refractivity contribution is 7.09. The molecular formula is C14H22N4S. The van der Waals surface area contributed by atoms with E-state index < -0.39 is 0 Å². The standard InChI is InChI=1S/C14H22N4S/c1-11(2)6-15-7-13-8-18(9-16-13)5-4-14-12(3)17-10-19-14/h8-11,15H,4-7H2,1-3H3. The smallest absolute Gasteiger partial charge is 0.0950 e. The fourth-order valence-electron chi connectivity index (χ4n) is 1.91. The number of nitrogens with zero attached hydrogens (tertiary/aromatic N) is 3. The summed E-state index contributed by atoms with van der Waals surface area (Å²) in [6, 6.07) is 0. The molecule has 2 aromatic heterocycles. The third kappa shape index (κ3) is 4.44. The normalized spacial score (nSPS) is 11.4. The van der Waals surface area contributed by atoms with E-state index >= 15 is 0 Å². The zero-order valence-electron chi connectivity index (χ0n) is 11.9. The fourth-order valence-corrected chi connectivity index (χ4v) is 2.68.